The lowest BCUT2D eigenvalue weighted by molar-refractivity contribution is 0.0499. The second kappa shape index (κ2) is 9.13. The second-order valence-corrected chi connectivity index (χ2v) is 7.82. The molecule has 0 saturated carbocycles. The zero-order chi connectivity index (χ0) is 20.9. The highest BCUT2D eigenvalue weighted by Gasteiger charge is 2.26. The van der Waals surface area contributed by atoms with Gasteiger partial charge in [0.25, 0.3) is 5.91 Å². The summed E-state index contributed by atoms with van der Waals surface area (Å²) in [5.41, 5.74) is 3.41. The summed E-state index contributed by atoms with van der Waals surface area (Å²) in [6, 6.07) is 19.6. The summed E-state index contributed by atoms with van der Waals surface area (Å²) in [5.74, 6) is 0.444. The normalized spacial score (nSPS) is 15.9. The third kappa shape index (κ3) is 4.71. The molecule has 156 valence electrons. The molecule has 6 nitrogen and oxygen atoms in total. The molecule has 1 fully saturated rings. The molecule has 0 radical (unpaired) electrons. The van der Waals surface area contributed by atoms with E-state index in [0.717, 1.165) is 36.3 Å². The molecule has 1 saturated heterocycles. The average Bonchev–Trinajstić information content (AvgIpc) is 3.46. The first-order valence-corrected chi connectivity index (χ1v) is 10.3. The SMILES string of the molecule is CN(C)c1ccc(CN(C[C@H]2CCCO2)C(=O)c2cc(-c3ccccc3)on2)cc1. The molecule has 1 amide bonds. The van der Waals surface area contributed by atoms with E-state index in [4.69, 9.17) is 9.26 Å². The van der Waals surface area contributed by atoms with E-state index in [1.165, 1.54) is 0 Å². The molecule has 0 spiro atoms. The first kappa shape index (κ1) is 20.2. The lowest BCUT2D eigenvalue weighted by atomic mass is 10.1. The van der Waals surface area contributed by atoms with E-state index < -0.39 is 0 Å². The number of carbonyl (C=O) groups excluding carboxylic acids is 1. The van der Waals surface area contributed by atoms with Crippen LogP contribution in [0.3, 0.4) is 0 Å². The zero-order valence-electron chi connectivity index (χ0n) is 17.5. The molecule has 0 bridgehead atoms. The Kier molecular flexibility index (Phi) is 6.14. The number of hydrogen-bond acceptors (Lipinski definition) is 5. The molecule has 1 aliphatic heterocycles. The van der Waals surface area contributed by atoms with Crippen LogP contribution in [-0.4, -0.2) is 49.3 Å². The van der Waals surface area contributed by atoms with Gasteiger partial charge in [0.2, 0.25) is 0 Å². The third-order valence-electron chi connectivity index (χ3n) is 5.35. The fourth-order valence-corrected chi connectivity index (χ4v) is 3.65. The number of nitrogens with zero attached hydrogens (tertiary/aromatic N) is 3. The Morgan fingerprint density at radius 3 is 2.53 bits per heavy atom. The monoisotopic (exact) mass is 405 g/mol. The third-order valence-corrected chi connectivity index (χ3v) is 5.35. The molecular formula is C24H27N3O3. The smallest absolute Gasteiger partial charge is 0.276 e. The zero-order valence-corrected chi connectivity index (χ0v) is 17.5. The Balaban J connectivity index is 1.54. The van der Waals surface area contributed by atoms with Crippen molar-refractivity contribution in [3.63, 3.8) is 0 Å². The predicted molar refractivity (Wildman–Crippen MR) is 116 cm³/mol. The van der Waals surface area contributed by atoms with Crippen molar-refractivity contribution in [1.29, 1.82) is 0 Å². The van der Waals surface area contributed by atoms with E-state index in [-0.39, 0.29) is 12.0 Å². The van der Waals surface area contributed by atoms with Gasteiger partial charge in [0.1, 0.15) is 0 Å². The molecular weight excluding hydrogens is 378 g/mol. The highest BCUT2D eigenvalue weighted by molar-refractivity contribution is 5.93. The van der Waals surface area contributed by atoms with Crippen molar-refractivity contribution >= 4 is 11.6 Å². The van der Waals surface area contributed by atoms with Gasteiger partial charge in [0.05, 0.1) is 6.10 Å². The summed E-state index contributed by atoms with van der Waals surface area (Å²) in [6.45, 7) is 1.80. The largest absolute Gasteiger partial charge is 0.378 e. The van der Waals surface area contributed by atoms with Crippen LogP contribution in [0.15, 0.2) is 65.2 Å². The molecule has 3 aromatic rings. The van der Waals surface area contributed by atoms with Gasteiger partial charge in [-0.15, -0.1) is 0 Å². The van der Waals surface area contributed by atoms with Gasteiger partial charge in [-0.25, -0.2) is 0 Å². The van der Waals surface area contributed by atoms with E-state index in [1.54, 1.807) is 6.07 Å². The molecule has 30 heavy (non-hydrogen) atoms. The van der Waals surface area contributed by atoms with Crippen LogP contribution in [0, 0.1) is 0 Å². The number of amides is 1. The van der Waals surface area contributed by atoms with Crippen LogP contribution < -0.4 is 4.90 Å². The Morgan fingerprint density at radius 2 is 1.87 bits per heavy atom. The number of benzene rings is 2. The van der Waals surface area contributed by atoms with E-state index in [9.17, 15) is 4.79 Å². The van der Waals surface area contributed by atoms with Crippen LogP contribution in [-0.2, 0) is 11.3 Å². The van der Waals surface area contributed by atoms with Gasteiger partial charge in [-0.05, 0) is 30.5 Å². The number of anilines is 1. The van der Waals surface area contributed by atoms with Crippen LogP contribution >= 0.6 is 0 Å². The maximum Gasteiger partial charge on any atom is 0.276 e. The van der Waals surface area contributed by atoms with Gasteiger partial charge in [-0.1, -0.05) is 47.6 Å². The fraction of sp³-hybridized carbons (Fsp3) is 0.333. The summed E-state index contributed by atoms with van der Waals surface area (Å²) < 4.78 is 11.2. The van der Waals surface area contributed by atoms with Gasteiger partial charge in [0.15, 0.2) is 11.5 Å². The van der Waals surface area contributed by atoms with Crippen molar-refractivity contribution in [3.8, 4) is 11.3 Å². The number of carbonyl (C=O) groups is 1. The van der Waals surface area contributed by atoms with E-state index in [0.29, 0.717) is 24.5 Å². The minimum Gasteiger partial charge on any atom is -0.378 e. The molecule has 2 heterocycles. The molecule has 0 N–H and O–H groups in total. The quantitative estimate of drug-likeness (QED) is 0.589. The first-order chi connectivity index (χ1) is 14.6. The van der Waals surface area contributed by atoms with Crippen LogP contribution in [0.1, 0.15) is 28.9 Å². The molecule has 1 atom stereocenters. The summed E-state index contributed by atoms with van der Waals surface area (Å²) in [4.78, 5) is 17.2. The summed E-state index contributed by atoms with van der Waals surface area (Å²) >= 11 is 0. The Hall–Kier alpha value is -3.12. The van der Waals surface area contributed by atoms with Crippen molar-refractivity contribution in [3.05, 3.63) is 71.9 Å². The Morgan fingerprint density at radius 1 is 1.10 bits per heavy atom. The van der Waals surface area contributed by atoms with E-state index >= 15 is 0 Å². The standard InChI is InChI=1S/C24H27N3O3/c1-26(2)20-12-10-18(11-13-20)16-27(17-21-9-6-14-29-21)24(28)22-15-23(30-25-22)19-7-4-3-5-8-19/h3-5,7-8,10-13,15,21H,6,9,14,16-17H2,1-2H3/t21-/m1/s1. The number of aromatic nitrogens is 1. The van der Waals surface area contributed by atoms with Crippen LogP contribution in [0.25, 0.3) is 11.3 Å². The van der Waals surface area contributed by atoms with Crippen molar-refractivity contribution in [2.45, 2.75) is 25.5 Å². The van der Waals surface area contributed by atoms with E-state index in [1.807, 2.05) is 49.3 Å². The molecule has 1 aromatic heterocycles. The van der Waals surface area contributed by atoms with Crippen LogP contribution in [0.5, 0.6) is 0 Å². The van der Waals surface area contributed by atoms with Gasteiger partial charge in [0, 0.05) is 51.1 Å². The highest BCUT2D eigenvalue weighted by Crippen LogP contribution is 2.23. The predicted octanol–water partition coefficient (Wildman–Crippen LogP) is 4.23. The van der Waals surface area contributed by atoms with Crippen molar-refractivity contribution in [1.82, 2.24) is 10.1 Å². The first-order valence-electron chi connectivity index (χ1n) is 10.3. The second-order valence-electron chi connectivity index (χ2n) is 7.82. The summed E-state index contributed by atoms with van der Waals surface area (Å²) in [5, 5.41) is 4.05. The Bertz CT molecular complexity index is 961. The van der Waals surface area contributed by atoms with Gasteiger partial charge < -0.3 is 19.1 Å². The van der Waals surface area contributed by atoms with Crippen molar-refractivity contribution in [2.24, 2.45) is 0 Å². The number of ether oxygens (including phenoxy) is 1. The maximum atomic E-state index is 13.3. The highest BCUT2D eigenvalue weighted by atomic mass is 16.5. The fourth-order valence-electron chi connectivity index (χ4n) is 3.65. The van der Waals surface area contributed by atoms with Crippen LogP contribution in [0.4, 0.5) is 5.69 Å². The molecule has 0 aliphatic carbocycles. The van der Waals surface area contributed by atoms with Crippen molar-refractivity contribution in [2.75, 3.05) is 32.1 Å². The van der Waals surface area contributed by atoms with E-state index in [2.05, 4.69) is 34.3 Å². The summed E-state index contributed by atoms with van der Waals surface area (Å²) in [6.07, 6.45) is 2.07. The van der Waals surface area contributed by atoms with Crippen molar-refractivity contribution < 1.29 is 14.1 Å². The molecule has 2 aromatic carbocycles. The molecule has 6 heteroatoms. The number of hydrogen-bond donors (Lipinski definition) is 0. The van der Waals surface area contributed by atoms with Gasteiger partial charge in [-0.2, -0.15) is 0 Å². The lowest BCUT2D eigenvalue weighted by Gasteiger charge is -2.25. The minimum absolute atomic E-state index is 0.0653. The minimum atomic E-state index is -0.145. The average molecular weight is 405 g/mol. The maximum absolute atomic E-state index is 13.3. The number of rotatable bonds is 7. The molecule has 4 rings (SSSR count). The Labute approximate surface area is 177 Å². The molecule has 0 unspecified atom stereocenters. The lowest BCUT2D eigenvalue weighted by Crippen LogP contribution is -2.37. The molecule has 1 aliphatic rings. The summed E-state index contributed by atoms with van der Waals surface area (Å²) in [7, 11) is 4.02. The van der Waals surface area contributed by atoms with Gasteiger partial charge in [-0.3, -0.25) is 4.79 Å². The van der Waals surface area contributed by atoms with Crippen LogP contribution in [0.2, 0.25) is 0 Å². The van der Waals surface area contributed by atoms with Gasteiger partial charge >= 0.3 is 0 Å². The topological polar surface area (TPSA) is 58.8 Å².